The van der Waals surface area contributed by atoms with Crippen LogP contribution >= 0.6 is 11.6 Å². The number of ether oxygens (including phenoxy) is 1. The summed E-state index contributed by atoms with van der Waals surface area (Å²) in [6.45, 7) is 1.86. The number of hydrogen-bond donors (Lipinski definition) is 2. The van der Waals surface area contributed by atoms with Crippen molar-refractivity contribution in [3.63, 3.8) is 0 Å². The Hall–Kier alpha value is -2.34. The van der Waals surface area contributed by atoms with E-state index in [1.165, 1.54) is 45.6 Å². The molecule has 1 heterocycles. The molecular formula is C20H25ClN4O2. The minimum atomic E-state index is -0.413. The summed E-state index contributed by atoms with van der Waals surface area (Å²) in [6.07, 6.45) is 7.45. The van der Waals surface area contributed by atoms with Crippen molar-refractivity contribution in [2.24, 2.45) is 0 Å². The minimum Gasteiger partial charge on any atom is -0.465 e. The molecule has 27 heavy (non-hydrogen) atoms. The van der Waals surface area contributed by atoms with E-state index in [0.29, 0.717) is 34.0 Å². The lowest BCUT2D eigenvalue weighted by atomic mass is 10.1. The molecule has 0 radical (unpaired) electrons. The van der Waals surface area contributed by atoms with E-state index in [4.69, 9.17) is 16.3 Å². The first-order valence-corrected chi connectivity index (χ1v) is 9.70. The van der Waals surface area contributed by atoms with Crippen LogP contribution in [0.1, 0.15) is 54.7 Å². The SMILES string of the molecule is COC(=O)c1ccc(Cl)c(Nc2cc(NC3CCCCCC3)nc(C)n2)c1. The van der Waals surface area contributed by atoms with Crippen LogP contribution < -0.4 is 10.6 Å². The van der Waals surface area contributed by atoms with E-state index in [9.17, 15) is 4.79 Å². The first kappa shape index (κ1) is 19.4. The molecule has 0 amide bonds. The quantitative estimate of drug-likeness (QED) is 0.548. The molecule has 0 unspecified atom stereocenters. The number of methoxy groups -OCH3 is 1. The van der Waals surface area contributed by atoms with E-state index in [2.05, 4.69) is 20.6 Å². The number of aromatic nitrogens is 2. The van der Waals surface area contributed by atoms with E-state index in [-0.39, 0.29) is 0 Å². The average molecular weight is 389 g/mol. The molecule has 1 aromatic heterocycles. The monoisotopic (exact) mass is 388 g/mol. The molecule has 1 fully saturated rings. The van der Waals surface area contributed by atoms with Crippen molar-refractivity contribution < 1.29 is 9.53 Å². The van der Waals surface area contributed by atoms with Gasteiger partial charge in [0.25, 0.3) is 0 Å². The third-order valence-electron chi connectivity index (χ3n) is 4.70. The van der Waals surface area contributed by atoms with Crippen LogP contribution in [0, 0.1) is 6.92 Å². The van der Waals surface area contributed by atoms with E-state index in [1.54, 1.807) is 18.2 Å². The number of carbonyl (C=O) groups is 1. The Morgan fingerprint density at radius 1 is 1.11 bits per heavy atom. The summed E-state index contributed by atoms with van der Waals surface area (Å²) in [5, 5.41) is 7.23. The summed E-state index contributed by atoms with van der Waals surface area (Å²) < 4.78 is 4.77. The van der Waals surface area contributed by atoms with Crippen molar-refractivity contribution in [1.29, 1.82) is 0 Å². The van der Waals surface area contributed by atoms with Crippen LogP contribution in [0.2, 0.25) is 5.02 Å². The zero-order chi connectivity index (χ0) is 19.2. The lowest BCUT2D eigenvalue weighted by Gasteiger charge is -2.18. The van der Waals surface area contributed by atoms with Gasteiger partial charge >= 0.3 is 5.97 Å². The summed E-state index contributed by atoms with van der Waals surface area (Å²) in [4.78, 5) is 20.7. The number of aryl methyl sites for hydroxylation is 1. The van der Waals surface area contributed by atoms with Gasteiger partial charge in [-0.1, -0.05) is 37.3 Å². The third kappa shape index (κ3) is 5.32. The minimum absolute atomic E-state index is 0.413. The standard InChI is InChI=1S/C20H25ClN4O2/c1-13-22-18(24-15-7-5-3-4-6-8-15)12-19(23-13)25-17-11-14(20(26)27-2)9-10-16(17)21/h9-12,15H,3-8H2,1-2H3,(H2,22,23,24,25). The van der Waals surface area contributed by atoms with Gasteiger partial charge < -0.3 is 15.4 Å². The van der Waals surface area contributed by atoms with Gasteiger partial charge in [-0.05, 0) is 38.0 Å². The number of halogens is 1. The van der Waals surface area contributed by atoms with E-state index in [1.807, 2.05) is 13.0 Å². The van der Waals surface area contributed by atoms with Crippen molar-refractivity contribution in [2.75, 3.05) is 17.7 Å². The molecule has 144 valence electrons. The van der Waals surface area contributed by atoms with Crippen LogP contribution in [0.25, 0.3) is 0 Å². The predicted molar refractivity (Wildman–Crippen MR) is 108 cm³/mol. The smallest absolute Gasteiger partial charge is 0.337 e. The van der Waals surface area contributed by atoms with Gasteiger partial charge in [-0.15, -0.1) is 0 Å². The largest absolute Gasteiger partial charge is 0.465 e. The molecule has 0 spiro atoms. The molecule has 0 atom stereocenters. The molecule has 1 aliphatic carbocycles. The number of esters is 1. The number of nitrogens with one attached hydrogen (secondary N) is 2. The first-order valence-electron chi connectivity index (χ1n) is 9.32. The molecule has 0 bridgehead atoms. The van der Waals surface area contributed by atoms with Crippen molar-refractivity contribution in [3.8, 4) is 0 Å². The van der Waals surface area contributed by atoms with Gasteiger partial charge in [0, 0.05) is 12.1 Å². The maximum Gasteiger partial charge on any atom is 0.337 e. The summed E-state index contributed by atoms with van der Waals surface area (Å²) in [5.41, 5.74) is 1.02. The first-order chi connectivity index (χ1) is 13.0. The summed E-state index contributed by atoms with van der Waals surface area (Å²) in [5.74, 6) is 1.68. The third-order valence-corrected chi connectivity index (χ3v) is 5.02. The zero-order valence-electron chi connectivity index (χ0n) is 15.7. The maximum atomic E-state index is 11.8. The van der Waals surface area contributed by atoms with Crippen molar-refractivity contribution in [1.82, 2.24) is 9.97 Å². The highest BCUT2D eigenvalue weighted by Crippen LogP contribution is 2.28. The zero-order valence-corrected chi connectivity index (χ0v) is 16.5. The normalized spacial score (nSPS) is 15.1. The molecule has 1 aliphatic rings. The van der Waals surface area contributed by atoms with Gasteiger partial charge in [0.15, 0.2) is 0 Å². The van der Waals surface area contributed by atoms with Crippen LogP contribution in [-0.2, 0) is 4.74 Å². The van der Waals surface area contributed by atoms with Crippen molar-refractivity contribution >= 4 is 34.9 Å². The van der Waals surface area contributed by atoms with Gasteiger partial charge in [0.1, 0.15) is 17.5 Å². The van der Waals surface area contributed by atoms with Crippen LogP contribution in [-0.4, -0.2) is 29.1 Å². The summed E-state index contributed by atoms with van der Waals surface area (Å²) in [7, 11) is 1.35. The van der Waals surface area contributed by atoms with E-state index in [0.717, 1.165) is 5.82 Å². The highest BCUT2D eigenvalue weighted by Gasteiger charge is 2.14. The van der Waals surface area contributed by atoms with Crippen molar-refractivity contribution in [2.45, 2.75) is 51.5 Å². The number of nitrogens with zero attached hydrogens (tertiary/aromatic N) is 2. The van der Waals surface area contributed by atoms with Crippen molar-refractivity contribution in [3.05, 3.63) is 40.7 Å². The highest BCUT2D eigenvalue weighted by atomic mass is 35.5. The van der Waals surface area contributed by atoms with E-state index < -0.39 is 5.97 Å². The molecule has 1 aromatic carbocycles. The predicted octanol–water partition coefficient (Wildman–Crippen LogP) is 5.10. The fraction of sp³-hybridized carbons (Fsp3) is 0.450. The Morgan fingerprint density at radius 3 is 2.52 bits per heavy atom. The summed E-state index contributed by atoms with van der Waals surface area (Å²) in [6, 6.07) is 7.27. The Labute approximate surface area is 164 Å². The number of carbonyl (C=O) groups excluding carboxylic acids is 1. The molecular weight excluding hydrogens is 364 g/mol. The topological polar surface area (TPSA) is 76.1 Å². The fourth-order valence-electron chi connectivity index (χ4n) is 3.34. The average Bonchev–Trinajstić information content (AvgIpc) is 2.91. The Balaban J connectivity index is 1.79. The molecule has 2 aromatic rings. The van der Waals surface area contributed by atoms with Crippen LogP contribution in [0.4, 0.5) is 17.3 Å². The van der Waals surface area contributed by atoms with Gasteiger partial charge in [-0.25, -0.2) is 14.8 Å². The highest BCUT2D eigenvalue weighted by molar-refractivity contribution is 6.33. The molecule has 0 saturated heterocycles. The molecule has 0 aliphatic heterocycles. The fourth-order valence-corrected chi connectivity index (χ4v) is 3.51. The maximum absolute atomic E-state index is 11.8. The van der Waals surface area contributed by atoms with Crippen LogP contribution in [0.15, 0.2) is 24.3 Å². The van der Waals surface area contributed by atoms with Gasteiger partial charge in [0.05, 0.1) is 23.4 Å². The molecule has 3 rings (SSSR count). The molecule has 2 N–H and O–H groups in total. The lowest BCUT2D eigenvalue weighted by Crippen LogP contribution is -2.19. The molecule has 1 saturated carbocycles. The number of rotatable bonds is 5. The second kappa shape index (κ2) is 9.04. The second-order valence-electron chi connectivity index (χ2n) is 6.83. The summed E-state index contributed by atoms with van der Waals surface area (Å²) >= 11 is 6.27. The van der Waals surface area contributed by atoms with Gasteiger partial charge in [-0.2, -0.15) is 0 Å². The number of hydrogen-bond acceptors (Lipinski definition) is 6. The van der Waals surface area contributed by atoms with Crippen LogP contribution in [0.5, 0.6) is 0 Å². The Kier molecular flexibility index (Phi) is 6.50. The Bertz CT molecular complexity index is 805. The van der Waals surface area contributed by atoms with Gasteiger partial charge in [-0.3, -0.25) is 0 Å². The van der Waals surface area contributed by atoms with Crippen LogP contribution in [0.3, 0.4) is 0 Å². The van der Waals surface area contributed by atoms with E-state index >= 15 is 0 Å². The molecule has 7 heteroatoms. The second-order valence-corrected chi connectivity index (χ2v) is 7.24. The number of benzene rings is 1. The Morgan fingerprint density at radius 2 is 1.81 bits per heavy atom. The number of anilines is 3. The lowest BCUT2D eigenvalue weighted by molar-refractivity contribution is 0.0601. The molecule has 6 nitrogen and oxygen atoms in total. The van der Waals surface area contributed by atoms with Gasteiger partial charge in [0.2, 0.25) is 0 Å².